The van der Waals surface area contributed by atoms with E-state index in [0.717, 1.165) is 22.5 Å². The maximum absolute atomic E-state index is 4.74. The largest absolute Gasteiger partial charge is 0.255 e. The lowest BCUT2D eigenvalue weighted by atomic mass is 9.94. The van der Waals surface area contributed by atoms with Gasteiger partial charge in [0.05, 0.1) is 11.4 Å². The van der Waals surface area contributed by atoms with Crippen molar-refractivity contribution in [2.24, 2.45) is 9.98 Å². The number of aliphatic imine (C=N–C) groups is 2. The average Bonchev–Trinajstić information content (AvgIpc) is 3.32. The van der Waals surface area contributed by atoms with E-state index in [0.29, 0.717) is 0 Å². The molecule has 0 atom stereocenters. The molecule has 120 valence electrons. The summed E-state index contributed by atoms with van der Waals surface area (Å²) in [5, 5.41) is 4.85. The fraction of sp³-hybridized carbons (Fsp3) is 0. The SMILES string of the molecule is C1=Nc2c(ccc3ccccc23)C1=C1C=Nc2c1ccc1ccccc21. The molecule has 0 aromatic heterocycles. The highest BCUT2D eigenvalue weighted by atomic mass is 14.8. The first-order chi connectivity index (χ1) is 12.9. The topological polar surface area (TPSA) is 24.7 Å². The average molecular weight is 330 g/mol. The Balaban J connectivity index is 1.63. The minimum Gasteiger partial charge on any atom is -0.255 e. The summed E-state index contributed by atoms with van der Waals surface area (Å²) in [5.74, 6) is 0. The van der Waals surface area contributed by atoms with Crippen LogP contribution in [0.25, 0.3) is 32.7 Å². The Morgan fingerprint density at radius 3 is 1.42 bits per heavy atom. The van der Waals surface area contributed by atoms with E-state index in [9.17, 15) is 0 Å². The summed E-state index contributed by atoms with van der Waals surface area (Å²) >= 11 is 0. The molecule has 6 rings (SSSR count). The van der Waals surface area contributed by atoms with Gasteiger partial charge in [-0.3, -0.25) is 9.98 Å². The number of hydrogen-bond acceptors (Lipinski definition) is 2. The van der Waals surface area contributed by atoms with Crippen LogP contribution in [0.1, 0.15) is 11.1 Å². The summed E-state index contributed by atoms with van der Waals surface area (Å²) in [6, 6.07) is 25.5. The Hall–Kier alpha value is -3.52. The smallest absolute Gasteiger partial charge is 0.0787 e. The summed E-state index contributed by atoms with van der Waals surface area (Å²) in [6.45, 7) is 0. The van der Waals surface area contributed by atoms with E-state index in [1.165, 1.54) is 32.7 Å². The van der Waals surface area contributed by atoms with E-state index < -0.39 is 0 Å². The molecule has 0 aliphatic carbocycles. The molecule has 2 heterocycles. The molecule has 0 spiro atoms. The fourth-order valence-electron chi connectivity index (χ4n) is 4.05. The molecule has 0 bridgehead atoms. The highest BCUT2D eigenvalue weighted by molar-refractivity contribution is 6.38. The molecule has 0 N–H and O–H groups in total. The first-order valence-corrected chi connectivity index (χ1v) is 8.77. The van der Waals surface area contributed by atoms with Crippen molar-refractivity contribution in [3.63, 3.8) is 0 Å². The van der Waals surface area contributed by atoms with Crippen LogP contribution in [0.15, 0.2) is 82.8 Å². The van der Waals surface area contributed by atoms with Crippen LogP contribution in [0.3, 0.4) is 0 Å². The summed E-state index contributed by atoms with van der Waals surface area (Å²) in [6.07, 6.45) is 3.98. The van der Waals surface area contributed by atoms with Crippen molar-refractivity contribution < 1.29 is 0 Å². The Morgan fingerprint density at radius 2 is 0.923 bits per heavy atom. The van der Waals surface area contributed by atoms with Crippen LogP contribution in [0.5, 0.6) is 0 Å². The van der Waals surface area contributed by atoms with Crippen LogP contribution >= 0.6 is 0 Å². The van der Waals surface area contributed by atoms with Gasteiger partial charge in [-0.2, -0.15) is 0 Å². The molecule has 2 heteroatoms. The Morgan fingerprint density at radius 1 is 0.462 bits per heavy atom. The van der Waals surface area contributed by atoms with Gasteiger partial charge in [-0.25, -0.2) is 0 Å². The van der Waals surface area contributed by atoms with Gasteiger partial charge in [0.1, 0.15) is 0 Å². The second-order valence-electron chi connectivity index (χ2n) is 6.71. The lowest BCUT2D eigenvalue weighted by molar-refractivity contribution is 1.59. The highest BCUT2D eigenvalue weighted by Crippen LogP contribution is 2.45. The molecule has 2 aliphatic rings. The van der Waals surface area contributed by atoms with Gasteiger partial charge in [0, 0.05) is 45.5 Å². The van der Waals surface area contributed by atoms with Crippen LogP contribution in [0.4, 0.5) is 11.4 Å². The number of rotatable bonds is 0. The predicted molar refractivity (Wildman–Crippen MR) is 111 cm³/mol. The predicted octanol–water partition coefficient (Wildman–Crippen LogP) is 6.34. The molecule has 0 fully saturated rings. The normalized spacial score (nSPS) is 17.2. The van der Waals surface area contributed by atoms with Gasteiger partial charge in [-0.05, 0) is 10.8 Å². The van der Waals surface area contributed by atoms with Gasteiger partial charge >= 0.3 is 0 Å². The van der Waals surface area contributed by atoms with Crippen molar-refractivity contribution in [3.05, 3.63) is 83.9 Å². The van der Waals surface area contributed by atoms with Crippen LogP contribution in [0.2, 0.25) is 0 Å². The molecule has 26 heavy (non-hydrogen) atoms. The Labute approximate surface area is 150 Å². The minimum atomic E-state index is 1.06. The van der Waals surface area contributed by atoms with E-state index in [2.05, 4.69) is 72.8 Å². The molecule has 4 aromatic rings. The number of benzene rings is 4. The number of nitrogens with zero attached hydrogens (tertiary/aromatic N) is 2. The van der Waals surface area contributed by atoms with Crippen LogP contribution in [0, 0.1) is 0 Å². The number of fused-ring (bicyclic) bond motifs is 6. The summed E-state index contributed by atoms with van der Waals surface area (Å²) in [4.78, 5) is 9.49. The van der Waals surface area contributed by atoms with Crippen LogP contribution < -0.4 is 0 Å². The van der Waals surface area contributed by atoms with Crippen molar-refractivity contribution in [1.82, 2.24) is 0 Å². The zero-order chi connectivity index (χ0) is 17.1. The maximum atomic E-state index is 4.74. The van der Waals surface area contributed by atoms with Gasteiger partial charge < -0.3 is 0 Å². The summed E-state index contributed by atoms with van der Waals surface area (Å²) in [7, 11) is 0. The first-order valence-electron chi connectivity index (χ1n) is 8.77. The van der Waals surface area contributed by atoms with Gasteiger partial charge in [-0.1, -0.05) is 72.8 Å². The fourth-order valence-corrected chi connectivity index (χ4v) is 4.05. The van der Waals surface area contributed by atoms with Crippen molar-refractivity contribution in [2.45, 2.75) is 0 Å². The molecular weight excluding hydrogens is 316 g/mol. The molecule has 0 amide bonds. The van der Waals surface area contributed by atoms with Crippen molar-refractivity contribution in [1.29, 1.82) is 0 Å². The third-order valence-corrected chi connectivity index (χ3v) is 5.32. The second kappa shape index (κ2) is 4.99. The lowest BCUT2D eigenvalue weighted by Crippen LogP contribution is -1.89. The maximum Gasteiger partial charge on any atom is 0.0787 e. The lowest BCUT2D eigenvalue weighted by Gasteiger charge is -2.08. The van der Waals surface area contributed by atoms with Gasteiger partial charge in [0.15, 0.2) is 0 Å². The number of hydrogen-bond donors (Lipinski definition) is 0. The molecule has 4 aromatic carbocycles. The Bertz CT molecular complexity index is 1220. The molecule has 0 unspecified atom stereocenters. The van der Waals surface area contributed by atoms with Gasteiger partial charge in [0.25, 0.3) is 0 Å². The molecule has 2 aliphatic heterocycles. The van der Waals surface area contributed by atoms with Crippen LogP contribution in [-0.4, -0.2) is 12.4 Å². The quantitative estimate of drug-likeness (QED) is 0.359. The first kappa shape index (κ1) is 13.7. The minimum absolute atomic E-state index is 1.06. The molecular formula is C24H14N2. The molecule has 0 saturated carbocycles. The van der Waals surface area contributed by atoms with Gasteiger partial charge in [0.2, 0.25) is 0 Å². The highest BCUT2D eigenvalue weighted by Gasteiger charge is 2.23. The zero-order valence-electron chi connectivity index (χ0n) is 14.0. The molecule has 0 saturated heterocycles. The molecule has 2 nitrogen and oxygen atoms in total. The van der Waals surface area contributed by atoms with E-state index in [1.54, 1.807) is 0 Å². The third-order valence-electron chi connectivity index (χ3n) is 5.32. The second-order valence-corrected chi connectivity index (χ2v) is 6.71. The molecule has 0 radical (unpaired) electrons. The van der Waals surface area contributed by atoms with E-state index in [4.69, 9.17) is 9.98 Å². The van der Waals surface area contributed by atoms with E-state index >= 15 is 0 Å². The Kier molecular flexibility index (Phi) is 2.64. The summed E-state index contributed by atoms with van der Waals surface area (Å²) in [5.41, 5.74) is 6.81. The van der Waals surface area contributed by atoms with Crippen molar-refractivity contribution in [3.8, 4) is 0 Å². The van der Waals surface area contributed by atoms with Gasteiger partial charge in [-0.15, -0.1) is 0 Å². The standard InChI is InChI=1S/C24H14N2/c1-3-7-17-15(5-1)9-11-19-21(13-25-23(17)19)22-14-26-24-18-8-4-2-6-16(18)10-12-20(22)24/h1-14H. The monoisotopic (exact) mass is 330 g/mol. The van der Waals surface area contributed by atoms with Crippen molar-refractivity contribution in [2.75, 3.05) is 0 Å². The van der Waals surface area contributed by atoms with Crippen molar-refractivity contribution >= 4 is 56.5 Å². The zero-order valence-corrected chi connectivity index (χ0v) is 14.0. The van der Waals surface area contributed by atoms with E-state index in [-0.39, 0.29) is 0 Å². The third kappa shape index (κ3) is 1.76. The number of allylic oxidation sites excluding steroid dienone is 2. The summed E-state index contributed by atoms with van der Waals surface area (Å²) < 4.78 is 0. The van der Waals surface area contributed by atoms with E-state index in [1.807, 2.05) is 12.4 Å². The van der Waals surface area contributed by atoms with Crippen LogP contribution in [-0.2, 0) is 0 Å².